The van der Waals surface area contributed by atoms with Gasteiger partial charge in [0.2, 0.25) is 0 Å². The second kappa shape index (κ2) is 9.58. The maximum Gasteiger partial charge on any atom is 0.263 e. The third-order valence-corrected chi connectivity index (χ3v) is 6.74. The standard InChI is InChI=1S/C17H22Cl2N2O4S/c1-2-3-8-21(14-7-9-26(23,24)12-14)16(22)11-25-20-10-13-5-4-6-15(18)17(13)19/h4-6,10,14H,2-3,7-9,11-12H2,1H3/b20-10-/t14-/m0/s1. The van der Waals surface area contributed by atoms with E-state index in [1.165, 1.54) is 6.21 Å². The number of halogens is 2. The second-order valence-electron chi connectivity index (χ2n) is 6.15. The van der Waals surface area contributed by atoms with E-state index in [1.54, 1.807) is 23.1 Å². The highest BCUT2D eigenvalue weighted by molar-refractivity contribution is 7.91. The summed E-state index contributed by atoms with van der Waals surface area (Å²) in [5.74, 6) is -0.126. The summed E-state index contributed by atoms with van der Waals surface area (Å²) >= 11 is 12.0. The molecule has 144 valence electrons. The molecule has 1 heterocycles. The number of carbonyl (C=O) groups excluding carboxylic acids is 1. The van der Waals surface area contributed by atoms with E-state index in [0.29, 0.717) is 28.6 Å². The summed E-state index contributed by atoms with van der Waals surface area (Å²) in [6, 6.07) is 4.83. The summed E-state index contributed by atoms with van der Waals surface area (Å²) in [4.78, 5) is 19.2. The molecule has 0 aromatic heterocycles. The van der Waals surface area contributed by atoms with Crippen molar-refractivity contribution in [3.8, 4) is 0 Å². The highest BCUT2D eigenvalue weighted by Crippen LogP contribution is 2.24. The molecule has 0 N–H and O–H groups in total. The van der Waals surface area contributed by atoms with E-state index < -0.39 is 9.84 Å². The van der Waals surface area contributed by atoms with Gasteiger partial charge in [0.15, 0.2) is 16.4 Å². The van der Waals surface area contributed by atoms with E-state index in [1.807, 2.05) is 6.92 Å². The normalized spacial score (nSPS) is 19.0. The Kier molecular flexibility index (Phi) is 7.73. The Morgan fingerprint density at radius 3 is 2.85 bits per heavy atom. The lowest BCUT2D eigenvalue weighted by molar-refractivity contribution is -0.138. The molecule has 1 aromatic rings. The quantitative estimate of drug-likeness (QED) is 0.477. The average molecular weight is 421 g/mol. The Bertz CT molecular complexity index is 768. The first kappa shape index (κ1) is 21.0. The number of oxime groups is 1. The summed E-state index contributed by atoms with van der Waals surface area (Å²) in [5.41, 5.74) is 0.580. The number of benzene rings is 1. The van der Waals surface area contributed by atoms with E-state index in [9.17, 15) is 13.2 Å². The van der Waals surface area contributed by atoms with Gasteiger partial charge >= 0.3 is 0 Å². The van der Waals surface area contributed by atoms with Gasteiger partial charge in [-0.2, -0.15) is 0 Å². The van der Waals surface area contributed by atoms with E-state index in [4.69, 9.17) is 28.0 Å². The minimum atomic E-state index is -3.06. The van der Waals surface area contributed by atoms with E-state index in [2.05, 4.69) is 5.16 Å². The smallest absolute Gasteiger partial charge is 0.263 e. The zero-order chi connectivity index (χ0) is 19.2. The maximum atomic E-state index is 12.5. The second-order valence-corrected chi connectivity index (χ2v) is 9.16. The SMILES string of the molecule is CCCCN(C(=O)CO/N=C\c1cccc(Cl)c1Cl)[C@H]1CCS(=O)(=O)C1. The fraction of sp³-hybridized carbons (Fsp3) is 0.529. The summed E-state index contributed by atoms with van der Waals surface area (Å²) < 4.78 is 23.4. The van der Waals surface area contributed by atoms with Crippen LogP contribution in [-0.4, -0.2) is 56.1 Å². The van der Waals surface area contributed by atoms with Gasteiger partial charge in [0.05, 0.1) is 27.8 Å². The average Bonchev–Trinajstić information content (AvgIpc) is 2.95. The van der Waals surface area contributed by atoms with Crippen LogP contribution in [0.5, 0.6) is 0 Å². The molecular formula is C17H22Cl2N2O4S. The molecular weight excluding hydrogens is 399 g/mol. The molecule has 1 atom stereocenters. The van der Waals surface area contributed by atoms with E-state index in [0.717, 1.165) is 12.8 Å². The largest absolute Gasteiger partial charge is 0.386 e. The number of carbonyl (C=O) groups is 1. The minimum absolute atomic E-state index is 0.0177. The number of nitrogens with zero attached hydrogens (tertiary/aromatic N) is 2. The van der Waals surface area contributed by atoms with E-state index >= 15 is 0 Å². The molecule has 0 saturated carbocycles. The summed E-state index contributed by atoms with van der Waals surface area (Å²) in [6.45, 7) is 2.28. The van der Waals surface area contributed by atoms with Crippen molar-refractivity contribution in [2.24, 2.45) is 5.16 Å². The molecule has 2 rings (SSSR count). The molecule has 0 spiro atoms. The number of rotatable bonds is 8. The number of hydrogen-bond acceptors (Lipinski definition) is 5. The predicted octanol–water partition coefficient (Wildman–Crippen LogP) is 3.16. The van der Waals surface area contributed by atoms with Gasteiger partial charge in [-0.1, -0.05) is 53.8 Å². The van der Waals surface area contributed by atoms with Crippen LogP contribution in [0.4, 0.5) is 0 Å². The van der Waals surface area contributed by atoms with Crippen molar-refractivity contribution in [2.75, 3.05) is 24.7 Å². The lowest BCUT2D eigenvalue weighted by Crippen LogP contribution is -2.43. The first-order valence-electron chi connectivity index (χ1n) is 8.43. The van der Waals surface area contributed by atoms with Crippen molar-refractivity contribution in [3.63, 3.8) is 0 Å². The van der Waals surface area contributed by atoms with Gasteiger partial charge in [-0.3, -0.25) is 4.79 Å². The third kappa shape index (κ3) is 5.86. The molecule has 9 heteroatoms. The highest BCUT2D eigenvalue weighted by atomic mass is 35.5. The molecule has 1 amide bonds. The minimum Gasteiger partial charge on any atom is -0.386 e. The topological polar surface area (TPSA) is 76.0 Å². The van der Waals surface area contributed by atoms with Gasteiger partial charge in [0, 0.05) is 18.2 Å². The lowest BCUT2D eigenvalue weighted by atomic mass is 10.2. The van der Waals surface area contributed by atoms with Crippen LogP contribution in [0.2, 0.25) is 10.0 Å². The van der Waals surface area contributed by atoms with Crippen LogP contribution in [0, 0.1) is 0 Å². The molecule has 0 aliphatic carbocycles. The maximum absolute atomic E-state index is 12.5. The molecule has 1 saturated heterocycles. The molecule has 1 aliphatic rings. The van der Waals surface area contributed by atoms with Crippen LogP contribution in [0.25, 0.3) is 0 Å². The van der Waals surface area contributed by atoms with Gasteiger partial charge in [0.25, 0.3) is 5.91 Å². The van der Waals surface area contributed by atoms with Crippen LogP contribution in [0.1, 0.15) is 31.7 Å². The zero-order valence-corrected chi connectivity index (χ0v) is 16.9. The fourth-order valence-electron chi connectivity index (χ4n) is 2.75. The number of hydrogen-bond donors (Lipinski definition) is 0. The molecule has 0 bridgehead atoms. The monoisotopic (exact) mass is 420 g/mol. The van der Waals surface area contributed by atoms with E-state index in [-0.39, 0.29) is 30.1 Å². The van der Waals surface area contributed by atoms with Gasteiger partial charge in [-0.15, -0.1) is 0 Å². The summed E-state index contributed by atoms with van der Waals surface area (Å²) in [5, 5.41) is 4.53. The Balaban J connectivity index is 1.94. The third-order valence-electron chi connectivity index (χ3n) is 4.16. The molecule has 1 fully saturated rings. The van der Waals surface area contributed by atoms with Crippen molar-refractivity contribution in [3.05, 3.63) is 33.8 Å². The molecule has 0 radical (unpaired) electrons. The molecule has 0 unspecified atom stereocenters. The van der Waals surface area contributed by atoms with Gasteiger partial charge < -0.3 is 9.74 Å². The Hall–Kier alpha value is -1.31. The van der Waals surface area contributed by atoms with Crippen molar-refractivity contribution in [2.45, 2.75) is 32.2 Å². The van der Waals surface area contributed by atoms with Crippen LogP contribution in [0.15, 0.2) is 23.4 Å². The predicted molar refractivity (Wildman–Crippen MR) is 104 cm³/mol. The van der Waals surface area contributed by atoms with Crippen LogP contribution < -0.4 is 0 Å². The number of unbranched alkanes of at least 4 members (excludes halogenated alkanes) is 1. The molecule has 1 aromatic carbocycles. The summed E-state index contributed by atoms with van der Waals surface area (Å²) in [6.07, 6.45) is 3.58. The van der Waals surface area contributed by atoms with Crippen LogP contribution in [-0.2, 0) is 19.5 Å². The number of amides is 1. The van der Waals surface area contributed by atoms with Crippen molar-refractivity contribution in [1.29, 1.82) is 0 Å². The fourth-order valence-corrected chi connectivity index (χ4v) is 4.84. The van der Waals surface area contributed by atoms with Crippen LogP contribution >= 0.6 is 23.2 Å². The van der Waals surface area contributed by atoms with Crippen molar-refractivity contribution in [1.82, 2.24) is 4.90 Å². The van der Waals surface area contributed by atoms with Gasteiger partial charge in [-0.25, -0.2) is 8.42 Å². The molecule has 1 aliphatic heterocycles. The highest BCUT2D eigenvalue weighted by Gasteiger charge is 2.34. The Morgan fingerprint density at radius 1 is 1.42 bits per heavy atom. The molecule has 6 nitrogen and oxygen atoms in total. The van der Waals surface area contributed by atoms with Crippen molar-refractivity contribution < 1.29 is 18.0 Å². The lowest BCUT2D eigenvalue weighted by Gasteiger charge is -2.27. The summed E-state index contributed by atoms with van der Waals surface area (Å²) in [7, 11) is -3.06. The Labute approximate surface area is 164 Å². The van der Waals surface area contributed by atoms with Crippen LogP contribution in [0.3, 0.4) is 0 Å². The molecule has 26 heavy (non-hydrogen) atoms. The van der Waals surface area contributed by atoms with Gasteiger partial charge in [-0.05, 0) is 18.9 Å². The van der Waals surface area contributed by atoms with Crippen molar-refractivity contribution >= 4 is 45.2 Å². The number of sulfone groups is 1. The van der Waals surface area contributed by atoms with Gasteiger partial charge in [0.1, 0.15) is 0 Å². The first-order chi connectivity index (χ1) is 12.3. The Morgan fingerprint density at radius 2 is 2.19 bits per heavy atom. The first-order valence-corrected chi connectivity index (χ1v) is 11.0. The zero-order valence-electron chi connectivity index (χ0n) is 14.5.